The largest absolute Gasteiger partial charge is 0.494 e. The van der Waals surface area contributed by atoms with E-state index >= 15 is 0 Å². The quantitative estimate of drug-likeness (QED) is 0.290. The lowest BCUT2D eigenvalue weighted by atomic mass is 10.0. The maximum absolute atomic E-state index is 12.0. The summed E-state index contributed by atoms with van der Waals surface area (Å²) >= 11 is 0. The molecule has 1 aliphatic heterocycles. The van der Waals surface area contributed by atoms with Gasteiger partial charge in [-0.3, -0.25) is 10.1 Å². The molecule has 3 heterocycles. The van der Waals surface area contributed by atoms with Crippen molar-refractivity contribution >= 4 is 33.8 Å². The molecule has 10 heteroatoms. The number of nitrogens with one attached hydrogen (secondary N) is 2. The van der Waals surface area contributed by atoms with E-state index in [0.29, 0.717) is 22.9 Å². The van der Waals surface area contributed by atoms with Crippen LogP contribution < -0.4 is 20.3 Å². The van der Waals surface area contributed by atoms with Crippen LogP contribution in [-0.2, 0) is 7.05 Å². The summed E-state index contributed by atoms with van der Waals surface area (Å²) < 4.78 is 7.69. The smallest absolute Gasteiger partial charge is 0.294 e. The Balaban J connectivity index is 1.47. The second-order valence-electron chi connectivity index (χ2n) is 9.00. The number of hydrogen-bond acceptors (Lipinski definition) is 8. The average Bonchev–Trinajstić information content (AvgIpc) is 3.28. The van der Waals surface area contributed by atoms with E-state index in [2.05, 4.69) is 43.4 Å². The van der Waals surface area contributed by atoms with Gasteiger partial charge in [-0.1, -0.05) is 6.07 Å². The average molecular weight is 488 g/mol. The first kappa shape index (κ1) is 23.6. The molecular formula is C26H29N7O3. The van der Waals surface area contributed by atoms with E-state index in [4.69, 9.17) is 4.74 Å². The SMILES string of the molecule is COc1cc(N(C)C2CCNCC2)c([N+](=O)[O-])cc1Nc1cc(-c2ccc3c(ccn3C)c2)ncn1. The van der Waals surface area contributed by atoms with Gasteiger partial charge in [0, 0.05) is 61.0 Å². The number of ether oxygens (including phenoxy) is 1. The number of methoxy groups -OCH3 is 1. The minimum atomic E-state index is -0.349. The molecule has 0 bridgehead atoms. The van der Waals surface area contributed by atoms with Gasteiger partial charge in [-0.2, -0.15) is 0 Å². The zero-order valence-corrected chi connectivity index (χ0v) is 20.6. The first-order valence-corrected chi connectivity index (χ1v) is 11.9. The van der Waals surface area contributed by atoms with Crippen LogP contribution >= 0.6 is 0 Å². The summed E-state index contributed by atoms with van der Waals surface area (Å²) in [6, 6.07) is 13.5. The molecular weight excluding hydrogens is 458 g/mol. The van der Waals surface area contributed by atoms with Crippen molar-refractivity contribution in [2.45, 2.75) is 18.9 Å². The molecule has 2 aromatic carbocycles. The Kier molecular flexibility index (Phi) is 6.43. The molecule has 0 atom stereocenters. The summed E-state index contributed by atoms with van der Waals surface area (Å²) in [6.07, 6.45) is 5.35. The predicted octanol–water partition coefficient (Wildman–Crippen LogP) is 4.48. The predicted molar refractivity (Wildman–Crippen MR) is 141 cm³/mol. The van der Waals surface area contributed by atoms with Crippen molar-refractivity contribution in [2.24, 2.45) is 7.05 Å². The fourth-order valence-corrected chi connectivity index (χ4v) is 4.81. The molecule has 0 spiro atoms. The maximum atomic E-state index is 12.0. The number of hydrogen-bond donors (Lipinski definition) is 2. The van der Waals surface area contributed by atoms with Crippen LogP contribution in [0.25, 0.3) is 22.2 Å². The van der Waals surface area contributed by atoms with E-state index in [9.17, 15) is 10.1 Å². The van der Waals surface area contributed by atoms with E-state index in [0.717, 1.165) is 48.1 Å². The zero-order chi connectivity index (χ0) is 25.2. The third kappa shape index (κ3) is 4.55. The summed E-state index contributed by atoms with van der Waals surface area (Å²) in [5.74, 6) is 1.02. The van der Waals surface area contributed by atoms with Gasteiger partial charge in [-0.25, -0.2) is 9.97 Å². The number of fused-ring (bicyclic) bond motifs is 1. The Hall–Kier alpha value is -4.18. The van der Waals surface area contributed by atoms with Crippen LogP contribution in [0, 0.1) is 10.1 Å². The Morgan fingerprint density at radius 2 is 1.97 bits per heavy atom. The number of anilines is 3. The number of rotatable bonds is 7. The van der Waals surface area contributed by atoms with Crippen LogP contribution in [0.5, 0.6) is 5.75 Å². The molecule has 2 aromatic heterocycles. The highest BCUT2D eigenvalue weighted by Crippen LogP contribution is 2.40. The molecule has 0 amide bonds. The second-order valence-corrected chi connectivity index (χ2v) is 9.00. The number of aromatic nitrogens is 3. The van der Waals surface area contributed by atoms with Crippen molar-refractivity contribution in [1.29, 1.82) is 0 Å². The number of aryl methyl sites for hydroxylation is 1. The van der Waals surface area contributed by atoms with Crippen LogP contribution in [0.4, 0.5) is 22.9 Å². The van der Waals surface area contributed by atoms with E-state index in [-0.39, 0.29) is 16.7 Å². The molecule has 4 aromatic rings. The van der Waals surface area contributed by atoms with Gasteiger partial charge in [0.25, 0.3) is 5.69 Å². The zero-order valence-electron chi connectivity index (χ0n) is 20.6. The fraction of sp³-hybridized carbons (Fsp3) is 0.308. The van der Waals surface area contributed by atoms with E-state index in [1.165, 1.54) is 12.4 Å². The Labute approximate surface area is 209 Å². The van der Waals surface area contributed by atoms with E-state index in [1.54, 1.807) is 13.2 Å². The van der Waals surface area contributed by atoms with Crippen molar-refractivity contribution in [3.63, 3.8) is 0 Å². The number of nitro groups is 1. The standard InChI is InChI=1S/C26H29N7O3/c1-31-11-8-18-12-17(4-5-22(18)31)20-14-26(29-16-28-20)30-21-13-24(33(34)35)23(15-25(21)36-3)32(2)19-6-9-27-10-7-19/h4-5,8,11-16,19,27H,6-7,9-10H2,1-3H3,(H,28,29,30). The monoisotopic (exact) mass is 487 g/mol. The van der Waals surface area contributed by atoms with Crippen molar-refractivity contribution in [3.05, 3.63) is 65.1 Å². The first-order valence-electron chi connectivity index (χ1n) is 11.9. The molecule has 36 heavy (non-hydrogen) atoms. The Bertz CT molecular complexity index is 1410. The lowest BCUT2D eigenvalue weighted by Gasteiger charge is -2.33. The molecule has 0 unspecified atom stereocenters. The first-order chi connectivity index (χ1) is 17.4. The van der Waals surface area contributed by atoms with Crippen molar-refractivity contribution in [3.8, 4) is 17.0 Å². The molecule has 0 radical (unpaired) electrons. The van der Waals surface area contributed by atoms with Crippen molar-refractivity contribution < 1.29 is 9.66 Å². The van der Waals surface area contributed by atoms with Gasteiger partial charge in [-0.05, 0) is 44.1 Å². The van der Waals surface area contributed by atoms with Gasteiger partial charge in [0.15, 0.2) is 0 Å². The molecule has 1 saturated heterocycles. The topological polar surface area (TPSA) is 110 Å². The lowest BCUT2D eigenvalue weighted by molar-refractivity contribution is -0.384. The molecule has 10 nitrogen and oxygen atoms in total. The highest BCUT2D eigenvalue weighted by Gasteiger charge is 2.27. The minimum Gasteiger partial charge on any atom is -0.494 e. The van der Waals surface area contributed by atoms with E-state index in [1.807, 2.05) is 37.3 Å². The molecule has 186 valence electrons. The van der Waals surface area contributed by atoms with Crippen molar-refractivity contribution in [1.82, 2.24) is 19.9 Å². The number of nitro benzene ring substituents is 1. The number of nitrogens with zero attached hydrogens (tertiary/aromatic N) is 5. The molecule has 5 rings (SSSR count). The normalized spacial score (nSPS) is 14.1. The molecule has 2 N–H and O–H groups in total. The van der Waals surface area contributed by atoms with Gasteiger partial charge >= 0.3 is 0 Å². The van der Waals surface area contributed by atoms with Gasteiger partial charge in [0.1, 0.15) is 23.6 Å². The van der Waals surface area contributed by atoms with Crippen LogP contribution in [0.1, 0.15) is 12.8 Å². The summed E-state index contributed by atoms with van der Waals surface area (Å²) in [7, 11) is 5.48. The van der Waals surface area contributed by atoms with Gasteiger partial charge < -0.3 is 24.8 Å². The number of piperidine rings is 1. The second kappa shape index (κ2) is 9.82. The third-order valence-electron chi connectivity index (χ3n) is 6.84. The minimum absolute atomic E-state index is 0.0168. The van der Waals surface area contributed by atoms with E-state index < -0.39 is 0 Å². The highest BCUT2D eigenvalue weighted by molar-refractivity contribution is 5.85. The van der Waals surface area contributed by atoms with Crippen molar-refractivity contribution in [2.75, 3.05) is 37.5 Å². The van der Waals surface area contributed by atoms with Crippen LogP contribution in [0.2, 0.25) is 0 Å². The lowest BCUT2D eigenvalue weighted by Crippen LogP contribution is -2.41. The van der Waals surface area contributed by atoms with Crippen LogP contribution in [0.15, 0.2) is 55.0 Å². The Morgan fingerprint density at radius 3 is 2.72 bits per heavy atom. The molecule has 1 aliphatic rings. The highest BCUT2D eigenvalue weighted by atomic mass is 16.6. The summed E-state index contributed by atoms with van der Waals surface area (Å²) in [4.78, 5) is 22.4. The van der Waals surface area contributed by atoms with Gasteiger partial charge in [0.2, 0.25) is 0 Å². The molecule has 1 fully saturated rings. The van der Waals surface area contributed by atoms with Gasteiger partial charge in [-0.15, -0.1) is 0 Å². The maximum Gasteiger partial charge on any atom is 0.294 e. The number of benzene rings is 2. The summed E-state index contributed by atoms with van der Waals surface area (Å²) in [5.41, 5.74) is 3.86. The molecule has 0 aliphatic carbocycles. The Morgan fingerprint density at radius 1 is 1.17 bits per heavy atom. The van der Waals surface area contributed by atoms with Crippen LogP contribution in [-0.4, -0.2) is 52.7 Å². The molecule has 0 saturated carbocycles. The van der Waals surface area contributed by atoms with Crippen LogP contribution in [0.3, 0.4) is 0 Å². The summed E-state index contributed by atoms with van der Waals surface area (Å²) in [6.45, 7) is 1.79. The summed E-state index contributed by atoms with van der Waals surface area (Å²) in [5, 5.41) is 19.7. The fourth-order valence-electron chi connectivity index (χ4n) is 4.81. The van der Waals surface area contributed by atoms with Gasteiger partial charge in [0.05, 0.1) is 23.4 Å². The third-order valence-corrected chi connectivity index (χ3v) is 6.84.